The van der Waals surface area contributed by atoms with Crippen molar-refractivity contribution in [3.05, 3.63) is 80.9 Å². The summed E-state index contributed by atoms with van der Waals surface area (Å²) in [5.41, 5.74) is 0.188. The number of aliphatic hydroxyl groups is 1. The monoisotopic (exact) mass is 504 g/mol. The van der Waals surface area contributed by atoms with Gasteiger partial charge in [-0.25, -0.2) is 13.8 Å². The molecule has 2 aromatic heterocycles. The fraction of sp³-hybridized carbons (Fsp3) is 0.292. The van der Waals surface area contributed by atoms with E-state index in [4.69, 9.17) is 21.7 Å². The van der Waals surface area contributed by atoms with E-state index >= 15 is 0 Å². The standard InChI is InChI=1S/C24H24ClF2N5O3/c25-18-11-30-23(31-14-4-5-15(12-33)35-13-14)8-22(18)32-7-6-21(16(9-28)24(32)34)29-10-17-19(26)2-1-3-20(17)27/h1-3,6-9,11,14-15,28-29,33H,4-5,10,12-13H2,(H,30,31)/p+1. The number of benzene rings is 1. The smallest absolute Gasteiger partial charge is 0.270 e. The zero-order chi connectivity index (χ0) is 24.9. The number of rotatable bonds is 8. The number of aliphatic hydroxyl groups excluding tert-OH is 1. The summed E-state index contributed by atoms with van der Waals surface area (Å²) in [6.07, 6.45) is 5.18. The van der Waals surface area contributed by atoms with Crippen molar-refractivity contribution in [1.29, 1.82) is 5.41 Å². The summed E-state index contributed by atoms with van der Waals surface area (Å²) in [6.45, 7) is 0.320. The van der Waals surface area contributed by atoms with Gasteiger partial charge in [0.25, 0.3) is 5.56 Å². The molecule has 1 fully saturated rings. The maximum Gasteiger partial charge on any atom is 0.270 e. The summed E-state index contributed by atoms with van der Waals surface area (Å²) in [7, 11) is 0. The lowest BCUT2D eigenvalue weighted by atomic mass is 10.1. The van der Waals surface area contributed by atoms with E-state index in [0.29, 0.717) is 30.2 Å². The van der Waals surface area contributed by atoms with Gasteiger partial charge in [-0.05, 0) is 25.0 Å². The first-order chi connectivity index (χ1) is 16.9. The Bertz CT molecular complexity index is 1260. The van der Waals surface area contributed by atoms with Gasteiger partial charge in [0, 0.05) is 24.5 Å². The Morgan fingerprint density at radius 3 is 2.74 bits per heavy atom. The number of anilines is 1. The number of ether oxygens (including phenoxy) is 1. The zero-order valence-electron chi connectivity index (χ0n) is 18.7. The number of hydrogen-bond acceptors (Lipinski definition) is 6. The van der Waals surface area contributed by atoms with E-state index in [1.165, 1.54) is 40.5 Å². The average Bonchev–Trinajstić information content (AvgIpc) is 2.86. The molecular formula is C24H25ClF2N5O3+. The Balaban J connectivity index is 1.57. The molecule has 3 heterocycles. The van der Waals surface area contributed by atoms with Crippen LogP contribution in [-0.2, 0) is 11.3 Å². The average molecular weight is 505 g/mol. The molecule has 1 aliphatic heterocycles. The van der Waals surface area contributed by atoms with E-state index in [-0.39, 0.29) is 41.4 Å². The van der Waals surface area contributed by atoms with Crippen molar-refractivity contribution in [1.82, 2.24) is 9.55 Å². The Morgan fingerprint density at radius 2 is 2.09 bits per heavy atom. The number of nitrogens with one attached hydrogen (secondary N) is 2. The molecule has 0 bridgehead atoms. The van der Waals surface area contributed by atoms with Gasteiger partial charge < -0.3 is 25.9 Å². The topological polar surface area (TPSA) is 117 Å². The molecule has 35 heavy (non-hydrogen) atoms. The molecule has 0 amide bonds. The molecule has 2 atom stereocenters. The molecule has 0 aliphatic carbocycles. The molecule has 1 aromatic carbocycles. The molecular weight excluding hydrogens is 480 g/mol. The second kappa shape index (κ2) is 11.0. The number of hydrogen-bond donors (Lipinski definition) is 4. The number of pyridine rings is 2. The minimum atomic E-state index is -0.676. The van der Waals surface area contributed by atoms with Crippen molar-refractivity contribution >= 4 is 29.3 Å². The third-order valence-corrected chi connectivity index (χ3v) is 6.21. The van der Waals surface area contributed by atoms with Crippen molar-refractivity contribution in [2.45, 2.75) is 31.5 Å². The number of nitrogens with zero attached hydrogens (tertiary/aromatic N) is 2. The van der Waals surface area contributed by atoms with E-state index in [9.17, 15) is 18.7 Å². The highest BCUT2D eigenvalue weighted by molar-refractivity contribution is 6.32. The van der Waals surface area contributed by atoms with Crippen LogP contribution in [0.2, 0.25) is 5.02 Å². The number of halogens is 3. The lowest BCUT2D eigenvalue weighted by Crippen LogP contribution is -2.77. The van der Waals surface area contributed by atoms with Crippen LogP contribution in [0.1, 0.15) is 24.0 Å². The Kier molecular flexibility index (Phi) is 7.86. The van der Waals surface area contributed by atoms with E-state index in [1.54, 1.807) is 12.1 Å². The minimum absolute atomic E-state index is 0.0102. The predicted octanol–water partition coefficient (Wildman–Crippen LogP) is 2.51. The second-order valence-corrected chi connectivity index (χ2v) is 8.60. The normalized spacial score (nSPS) is 17.8. The van der Waals surface area contributed by atoms with E-state index < -0.39 is 17.2 Å². The largest absolute Gasteiger partial charge is 0.394 e. The van der Waals surface area contributed by atoms with Crippen LogP contribution < -0.4 is 16.2 Å². The third kappa shape index (κ3) is 5.57. The summed E-state index contributed by atoms with van der Waals surface area (Å²) in [5.74, 6) is -0.857. The van der Waals surface area contributed by atoms with Crippen LogP contribution in [0.3, 0.4) is 0 Å². The summed E-state index contributed by atoms with van der Waals surface area (Å²) >= 11 is 6.34. The van der Waals surface area contributed by atoms with E-state index in [1.807, 2.05) is 0 Å². The molecule has 8 nitrogen and oxygen atoms in total. The van der Waals surface area contributed by atoms with Crippen molar-refractivity contribution in [3.63, 3.8) is 0 Å². The van der Waals surface area contributed by atoms with Gasteiger partial charge in [0.15, 0.2) is 0 Å². The summed E-state index contributed by atoms with van der Waals surface area (Å²) in [5, 5.41) is 22.0. The highest BCUT2D eigenvalue weighted by Gasteiger charge is 2.22. The summed E-state index contributed by atoms with van der Waals surface area (Å²) in [6, 6.07) is 6.84. The van der Waals surface area contributed by atoms with Gasteiger partial charge in [0.05, 0.1) is 47.8 Å². The van der Waals surface area contributed by atoms with Gasteiger partial charge in [-0.15, -0.1) is 0 Å². The van der Waals surface area contributed by atoms with Gasteiger partial charge in [-0.3, -0.25) is 9.36 Å². The van der Waals surface area contributed by atoms with Crippen LogP contribution >= 0.6 is 11.6 Å². The summed E-state index contributed by atoms with van der Waals surface area (Å²) < 4.78 is 34.8. The van der Waals surface area contributed by atoms with E-state index in [0.717, 1.165) is 12.6 Å². The maximum absolute atomic E-state index is 14.0. The number of aromatic nitrogens is 2. The molecule has 2 unspecified atom stereocenters. The van der Waals surface area contributed by atoms with Crippen LogP contribution in [0, 0.1) is 17.0 Å². The van der Waals surface area contributed by atoms with Crippen LogP contribution in [0.15, 0.2) is 47.5 Å². The lowest BCUT2D eigenvalue weighted by molar-refractivity contribution is -0.589. The first-order valence-electron chi connectivity index (χ1n) is 11.1. The second-order valence-electron chi connectivity index (χ2n) is 8.19. The van der Waals surface area contributed by atoms with Crippen molar-refractivity contribution in [3.8, 4) is 5.69 Å². The van der Waals surface area contributed by atoms with Crippen LogP contribution in [0.25, 0.3) is 5.69 Å². The van der Waals surface area contributed by atoms with Gasteiger partial charge in [-0.1, -0.05) is 17.7 Å². The van der Waals surface area contributed by atoms with Crippen molar-refractivity contribution in [2.75, 3.05) is 18.5 Å². The Labute approximate surface area is 205 Å². The van der Waals surface area contributed by atoms with Gasteiger partial charge >= 0.3 is 0 Å². The van der Waals surface area contributed by atoms with E-state index in [2.05, 4.69) is 10.3 Å². The fourth-order valence-corrected chi connectivity index (χ4v) is 4.18. The molecule has 1 aliphatic rings. The Hall–Kier alpha value is -3.18. The fourth-order valence-electron chi connectivity index (χ4n) is 3.98. The molecule has 11 heteroatoms. The maximum atomic E-state index is 14.0. The first kappa shape index (κ1) is 24.9. The summed E-state index contributed by atoms with van der Waals surface area (Å²) in [4.78, 5) is 17.5. The lowest BCUT2D eigenvalue weighted by Gasteiger charge is -2.29. The molecule has 1 saturated heterocycles. The highest BCUT2D eigenvalue weighted by atomic mass is 35.5. The molecule has 0 radical (unpaired) electrons. The quantitative estimate of drug-likeness (QED) is 0.352. The molecule has 0 saturated carbocycles. The van der Waals surface area contributed by atoms with Gasteiger partial charge in [0.1, 0.15) is 35.2 Å². The van der Waals surface area contributed by atoms with Gasteiger partial charge in [0.2, 0.25) is 0 Å². The third-order valence-electron chi connectivity index (χ3n) is 5.92. The van der Waals surface area contributed by atoms with Gasteiger partial charge in [-0.2, -0.15) is 0 Å². The SMILES string of the molecule is N=Cc1c([NH2+]Cc2c(F)cccc2F)ccn(-c2cc(NC3CCC(CO)OC3)ncc2Cl)c1=O. The number of nitrogens with two attached hydrogens (primary N) is 1. The molecule has 0 spiro atoms. The first-order valence-corrected chi connectivity index (χ1v) is 11.5. The van der Waals surface area contributed by atoms with Crippen LogP contribution in [0.4, 0.5) is 20.3 Å². The highest BCUT2D eigenvalue weighted by Crippen LogP contribution is 2.24. The molecule has 4 rings (SSSR count). The van der Waals surface area contributed by atoms with Crippen LogP contribution in [-0.4, -0.2) is 46.2 Å². The van der Waals surface area contributed by atoms with Crippen LogP contribution in [0.5, 0.6) is 0 Å². The minimum Gasteiger partial charge on any atom is -0.394 e. The molecule has 184 valence electrons. The predicted molar refractivity (Wildman–Crippen MR) is 128 cm³/mol. The molecule has 3 aromatic rings. The number of quaternary nitrogens is 1. The van der Waals surface area contributed by atoms with Crippen molar-refractivity contribution in [2.24, 2.45) is 0 Å². The zero-order valence-corrected chi connectivity index (χ0v) is 19.4. The van der Waals surface area contributed by atoms with Crippen molar-refractivity contribution < 1.29 is 23.9 Å². The molecule has 5 N–H and O–H groups in total. The Morgan fingerprint density at radius 1 is 1.31 bits per heavy atom.